The first-order valence-electron chi connectivity index (χ1n) is 12.6. The van der Waals surface area contributed by atoms with E-state index in [1.54, 1.807) is 0 Å². The molecule has 0 fully saturated rings. The second-order valence-corrected chi connectivity index (χ2v) is 12.8. The van der Waals surface area contributed by atoms with Crippen molar-refractivity contribution in [1.82, 2.24) is 8.61 Å². The maximum atomic E-state index is 14.3. The van der Waals surface area contributed by atoms with Gasteiger partial charge in [0.1, 0.15) is 18.9 Å². The van der Waals surface area contributed by atoms with E-state index in [9.17, 15) is 44.1 Å². The van der Waals surface area contributed by atoms with Crippen LogP contribution in [0.5, 0.6) is 0 Å². The molecule has 10 nitrogen and oxygen atoms in total. The molecule has 2 rings (SSSR count). The van der Waals surface area contributed by atoms with Crippen LogP contribution < -0.4 is 0 Å². The smallest absolute Gasteiger partial charge is 0.363 e. The van der Waals surface area contributed by atoms with Crippen molar-refractivity contribution in [2.24, 2.45) is 0 Å². The summed E-state index contributed by atoms with van der Waals surface area (Å²) < 4.78 is 114. The van der Waals surface area contributed by atoms with E-state index in [1.165, 1.54) is 45.9 Å². The lowest BCUT2D eigenvalue weighted by Gasteiger charge is -2.26. The Balaban J connectivity index is 2.54. The molecule has 16 heteroatoms. The number of carbonyl (C=O) groups excluding carboxylic acids is 2. The largest absolute Gasteiger partial charge is 0.465 e. The van der Waals surface area contributed by atoms with Gasteiger partial charge in [-0.3, -0.25) is 9.74 Å². The Morgan fingerprint density at radius 2 is 1.21 bits per heavy atom. The molecule has 0 unspecified atom stereocenters. The zero-order valence-electron chi connectivity index (χ0n) is 23.6. The van der Waals surface area contributed by atoms with Crippen LogP contribution in [0, 0.1) is 24.4 Å². The summed E-state index contributed by atoms with van der Waals surface area (Å²) in [5, 5.41) is 0. The van der Waals surface area contributed by atoms with Crippen LogP contribution in [0.2, 0.25) is 0 Å². The molecule has 0 saturated carbocycles. The molecule has 43 heavy (non-hydrogen) atoms. The Kier molecular flexibility index (Phi) is 12.6. The standard InChI is InChI=1S/C27H30F4N2O8S2/c1-5-19(14-32(16-26(34)40-7-3)42(36,37)21-9-8-18(4)24(29)12-21)20(6-2)15-33(17-27(35)41-31)43(38,39)22-10-11-23(28)25(30)13-22/h5-6,8-13H,7,14-17H2,1-4H3/b19-5-,20-6-. The molecule has 0 aliphatic carbocycles. The molecular weight excluding hydrogens is 620 g/mol. The fourth-order valence-electron chi connectivity index (χ4n) is 3.78. The Bertz CT molecular complexity index is 1630. The van der Waals surface area contributed by atoms with E-state index in [1.807, 2.05) is 0 Å². The minimum atomic E-state index is -4.78. The van der Waals surface area contributed by atoms with Crippen LogP contribution in [0.1, 0.15) is 26.3 Å². The number of rotatable bonds is 14. The van der Waals surface area contributed by atoms with Gasteiger partial charge < -0.3 is 4.74 Å². The molecule has 0 spiro atoms. The topological polar surface area (TPSA) is 127 Å². The van der Waals surface area contributed by atoms with Crippen LogP contribution in [0.4, 0.5) is 17.7 Å². The molecule has 0 saturated heterocycles. The molecule has 0 aliphatic rings. The molecule has 2 aromatic rings. The number of benzene rings is 2. The Hall–Kier alpha value is -3.60. The highest BCUT2D eigenvalue weighted by molar-refractivity contribution is 7.89. The third-order valence-electron chi connectivity index (χ3n) is 6.11. The molecule has 236 valence electrons. The van der Waals surface area contributed by atoms with Crippen LogP contribution >= 0.6 is 0 Å². The molecule has 0 aromatic heterocycles. The van der Waals surface area contributed by atoms with E-state index >= 15 is 0 Å². The van der Waals surface area contributed by atoms with Gasteiger partial charge in [0, 0.05) is 17.6 Å². The number of aryl methyl sites for hydroxylation is 1. The first-order valence-corrected chi connectivity index (χ1v) is 15.5. The second-order valence-electron chi connectivity index (χ2n) is 8.92. The fourth-order valence-corrected chi connectivity index (χ4v) is 6.53. The summed E-state index contributed by atoms with van der Waals surface area (Å²) in [6, 6.07) is 4.84. The number of halogens is 4. The molecule has 0 bridgehead atoms. The lowest BCUT2D eigenvalue weighted by atomic mass is 10.1. The molecular formula is C27H30F4N2O8S2. The number of sulfonamides is 2. The van der Waals surface area contributed by atoms with Crippen molar-refractivity contribution in [1.29, 1.82) is 0 Å². The highest BCUT2D eigenvalue weighted by Gasteiger charge is 2.32. The molecule has 2 aromatic carbocycles. The monoisotopic (exact) mass is 650 g/mol. The average Bonchev–Trinajstić information content (AvgIpc) is 2.96. The van der Waals surface area contributed by atoms with Crippen molar-refractivity contribution < 1.29 is 53.8 Å². The Morgan fingerprint density at radius 3 is 1.63 bits per heavy atom. The SMILES string of the molecule is C/C=C(CN(CC(=O)OF)S(=O)(=O)c1ccc(F)c(F)c1)\C(=C/C)CN(CC(=O)OCC)S(=O)(=O)c1ccc(C)c(F)c1. The van der Waals surface area contributed by atoms with Crippen molar-refractivity contribution in [2.75, 3.05) is 32.8 Å². The van der Waals surface area contributed by atoms with Gasteiger partial charge >= 0.3 is 11.9 Å². The van der Waals surface area contributed by atoms with E-state index in [-0.39, 0.29) is 23.3 Å². The van der Waals surface area contributed by atoms with Gasteiger partial charge in [0.25, 0.3) is 0 Å². The number of nitrogens with zero attached hydrogens (tertiary/aromatic N) is 2. The highest BCUT2D eigenvalue weighted by Crippen LogP contribution is 2.25. The summed E-state index contributed by atoms with van der Waals surface area (Å²) in [7, 11) is -9.32. The van der Waals surface area contributed by atoms with Crippen molar-refractivity contribution in [3.63, 3.8) is 0 Å². The molecule has 0 aliphatic heterocycles. The number of allylic oxidation sites excluding steroid dienone is 2. The van der Waals surface area contributed by atoms with Crippen LogP contribution in [0.15, 0.2) is 69.5 Å². The number of hydrogen-bond donors (Lipinski definition) is 0. The van der Waals surface area contributed by atoms with E-state index in [2.05, 4.69) is 4.94 Å². The zero-order chi connectivity index (χ0) is 32.5. The Labute approximate surface area is 247 Å². The first-order chi connectivity index (χ1) is 20.1. The van der Waals surface area contributed by atoms with Crippen molar-refractivity contribution >= 4 is 32.0 Å². The number of esters is 1. The second kappa shape index (κ2) is 15.2. The third-order valence-corrected chi connectivity index (χ3v) is 9.69. The van der Waals surface area contributed by atoms with Crippen molar-refractivity contribution in [3.8, 4) is 0 Å². The van der Waals surface area contributed by atoms with Gasteiger partial charge in [0.15, 0.2) is 11.6 Å². The van der Waals surface area contributed by atoms with Gasteiger partial charge in [0.05, 0.1) is 16.4 Å². The predicted octanol–water partition coefficient (Wildman–Crippen LogP) is 3.98. The van der Waals surface area contributed by atoms with Crippen LogP contribution in [-0.2, 0) is 39.3 Å². The normalized spacial score (nSPS) is 13.0. The third kappa shape index (κ3) is 8.95. The number of ether oxygens (including phenoxy) is 1. The van der Waals surface area contributed by atoms with Gasteiger partial charge in [-0.15, -0.1) is 0 Å². The summed E-state index contributed by atoms with van der Waals surface area (Å²) in [4.78, 5) is 26.0. The summed E-state index contributed by atoms with van der Waals surface area (Å²) in [6.07, 6.45) is 2.76. The molecule has 0 amide bonds. The lowest BCUT2D eigenvalue weighted by Crippen LogP contribution is -2.40. The van der Waals surface area contributed by atoms with Gasteiger partial charge in [-0.1, -0.05) is 18.2 Å². The summed E-state index contributed by atoms with van der Waals surface area (Å²) in [6.45, 7) is 2.55. The van der Waals surface area contributed by atoms with Crippen molar-refractivity contribution in [2.45, 2.75) is 37.5 Å². The molecule has 0 radical (unpaired) electrons. The lowest BCUT2D eigenvalue weighted by molar-refractivity contribution is -0.183. The van der Waals surface area contributed by atoms with Gasteiger partial charge in [-0.2, -0.15) is 8.61 Å². The van der Waals surface area contributed by atoms with Crippen LogP contribution in [-0.4, -0.2) is 70.2 Å². The predicted molar refractivity (Wildman–Crippen MR) is 146 cm³/mol. The zero-order valence-corrected chi connectivity index (χ0v) is 25.3. The van der Waals surface area contributed by atoms with E-state index < -0.39 is 85.4 Å². The van der Waals surface area contributed by atoms with E-state index in [0.717, 1.165) is 18.2 Å². The Morgan fingerprint density at radius 1 is 0.744 bits per heavy atom. The van der Waals surface area contributed by atoms with Crippen LogP contribution in [0.3, 0.4) is 0 Å². The molecule has 0 heterocycles. The van der Waals surface area contributed by atoms with Crippen molar-refractivity contribution in [3.05, 3.63) is 82.7 Å². The quantitative estimate of drug-likeness (QED) is 0.171. The number of carbonyl (C=O) groups is 2. The molecule has 0 atom stereocenters. The van der Waals surface area contributed by atoms with E-state index in [0.29, 0.717) is 20.7 Å². The highest BCUT2D eigenvalue weighted by atomic mass is 32.2. The minimum absolute atomic E-state index is 0.0655. The number of hydrogen-bond acceptors (Lipinski definition) is 8. The summed E-state index contributed by atoms with van der Waals surface area (Å²) in [5.41, 5.74) is 0.386. The molecule has 0 N–H and O–H groups in total. The van der Waals surface area contributed by atoms with Crippen LogP contribution in [0.25, 0.3) is 0 Å². The van der Waals surface area contributed by atoms with Gasteiger partial charge in [-0.05, 0) is 74.7 Å². The maximum Gasteiger partial charge on any atom is 0.363 e. The fraction of sp³-hybridized carbons (Fsp3) is 0.333. The summed E-state index contributed by atoms with van der Waals surface area (Å²) in [5.74, 6) is -6.20. The minimum Gasteiger partial charge on any atom is -0.465 e. The summed E-state index contributed by atoms with van der Waals surface area (Å²) >= 11 is 0. The van der Waals surface area contributed by atoms with Gasteiger partial charge in [-0.25, -0.2) is 34.8 Å². The average molecular weight is 651 g/mol. The van der Waals surface area contributed by atoms with E-state index in [4.69, 9.17) is 4.74 Å². The van der Waals surface area contributed by atoms with Gasteiger partial charge in [0.2, 0.25) is 20.0 Å². The first kappa shape index (κ1) is 35.6. The maximum absolute atomic E-state index is 14.3.